The Morgan fingerprint density at radius 1 is 0.846 bits per heavy atom. The molecule has 0 heterocycles. The first-order chi connectivity index (χ1) is 6.36. The fraction of sp³-hybridized carbons (Fsp3) is 1.00. The van der Waals surface area contributed by atoms with Gasteiger partial charge in [0.1, 0.15) is 0 Å². The zero-order valence-electron chi connectivity index (χ0n) is 8.84. The van der Waals surface area contributed by atoms with Crippen molar-refractivity contribution in [2.45, 2.75) is 51.9 Å². The van der Waals surface area contributed by atoms with Crippen LogP contribution in [0.4, 0.5) is 0 Å². The molecule has 0 N–H and O–H groups in total. The molecule has 0 saturated heterocycles. The molecule has 74 valence electrons. The summed E-state index contributed by atoms with van der Waals surface area (Å²) in [6.45, 7) is 2.52. The maximum absolute atomic E-state index is 2.52. The van der Waals surface area contributed by atoms with Crippen molar-refractivity contribution in [2.24, 2.45) is 29.6 Å². The van der Waals surface area contributed by atoms with Crippen molar-refractivity contribution < 1.29 is 0 Å². The van der Waals surface area contributed by atoms with Gasteiger partial charge in [-0.15, -0.1) is 0 Å². The van der Waals surface area contributed by atoms with Gasteiger partial charge in [0.25, 0.3) is 0 Å². The maximum atomic E-state index is 2.52. The van der Waals surface area contributed by atoms with Gasteiger partial charge in [-0.1, -0.05) is 39.0 Å². The molecule has 13 heavy (non-hydrogen) atoms. The van der Waals surface area contributed by atoms with Crippen molar-refractivity contribution in [3.63, 3.8) is 0 Å². The lowest BCUT2D eigenvalue weighted by atomic mass is 9.64. The molecule has 0 aromatic heterocycles. The fourth-order valence-corrected chi connectivity index (χ4v) is 4.85. The van der Waals surface area contributed by atoms with E-state index in [0.29, 0.717) is 0 Å². The minimum absolute atomic E-state index is 1.07. The van der Waals surface area contributed by atoms with Crippen LogP contribution >= 0.6 is 0 Å². The van der Waals surface area contributed by atoms with E-state index in [2.05, 4.69) is 6.92 Å². The molecule has 5 atom stereocenters. The van der Waals surface area contributed by atoms with E-state index >= 15 is 0 Å². The Labute approximate surface area is 82.1 Å². The van der Waals surface area contributed by atoms with Gasteiger partial charge >= 0.3 is 0 Å². The molecular weight excluding hydrogens is 156 g/mol. The van der Waals surface area contributed by atoms with E-state index in [1.54, 1.807) is 44.9 Å². The third kappa shape index (κ3) is 1.17. The molecule has 0 aliphatic heterocycles. The third-order valence-corrected chi connectivity index (χ3v) is 5.25. The Hall–Kier alpha value is 0. The predicted molar refractivity (Wildman–Crippen MR) is 55.4 cm³/mol. The van der Waals surface area contributed by atoms with E-state index in [1.807, 2.05) is 0 Å². The predicted octanol–water partition coefficient (Wildman–Crippen LogP) is 3.86. The molecule has 3 rings (SSSR count). The number of hydrogen-bond acceptors (Lipinski definition) is 0. The smallest absolute Gasteiger partial charge is 0.0326 e. The summed E-state index contributed by atoms with van der Waals surface area (Å²) in [5, 5.41) is 0. The van der Waals surface area contributed by atoms with Crippen LogP contribution in [0.1, 0.15) is 51.9 Å². The van der Waals surface area contributed by atoms with Crippen molar-refractivity contribution in [1.82, 2.24) is 0 Å². The highest BCUT2D eigenvalue weighted by molar-refractivity contribution is 4.97. The topological polar surface area (TPSA) is 0 Å². The Balaban J connectivity index is 1.87. The van der Waals surface area contributed by atoms with Crippen LogP contribution in [0.3, 0.4) is 0 Å². The molecule has 3 saturated carbocycles. The first kappa shape index (κ1) is 8.32. The highest BCUT2D eigenvalue weighted by Gasteiger charge is 2.47. The van der Waals surface area contributed by atoms with Crippen LogP contribution in [0, 0.1) is 29.6 Å². The summed E-state index contributed by atoms with van der Waals surface area (Å²) in [7, 11) is 0. The normalized spacial score (nSPS) is 54.7. The zero-order valence-corrected chi connectivity index (χ0v) is 8.84. The molecule has 0 amide bonds. The van der Waals surface area contributed by atoms with Crippen LogP contribution in [0.15, 0.2) is 0 Å². The summed E-state index contributed by atoms with van der Waals surface area (Å²) in [5.41, 5.74) is 0. The second-order valence-electron chi connectivity index (χ2n) is 5.84. The molecule has 5 unspecified atom stereocenters. The minimum Gasteiger partial charge on any atom is -0.0622 e. The van der Waals surface area contributed by atoms with E-state index in [-0.39, 0.29) is 0 Å². The monoisotopic (exact) mass is 178 g/mol. The van der Waals surface area contributed by atoms with Gasteiger partial charge in [0, 0.05) is 0 Å². The van der Waals surface area contributed by atoms with Gasteiger partial charge in [0.15, 0.2) is 0 Å². The summed E-state index contributed by atoms with van der Waals surface area (Å²) in [5.74, 6) is 5.69. The molecule has 0 nitrogen and oxygen atoms in total. The van der Waals surface area contributed by atoms with Crippen molar-refractivity contribution in [1.29, 1.82) is 0 Å². The van der Waals surface area contributed by atoms with Crippen LogP contribution in [0.25, 0.3) is 0 Å². The lowest BCUT2D eigenvalue weighted by Gasteiger charge is -2.41. The molecule has 0 aromatic carbocycles. The van der Waals surface area contributed by atoms with E-state index in [9.17, 15) is 0 Å². The average molecular weight is 178 g/mol. The van der Waals surface area contributed by atoms with Gasteiger partial charge in [-0.3, -0.25) is 0 Å². The van der Waals surface area contributed by atoms with Crippen molar-refractivity contribution in [2.75, 3.05) is 0 Å². The molecule has 0 radical (unpaired) electrons. The van der Waals surface area contributed by atoms with Crippen molar-refractivity contribution in [3.8, 4) is 0 Å². The van der Waals surface area contributed by atoms with E-state index in [0.717, 1.165) is 23.7 Å². The standard InChI is InChI=1S/C13H22/c1-9-8-11-6-2-4-10-5-3-7-12(9)13(10)11/h9-13H,2-8H2,1H3. The Bertz CT molecular complexity index is 187. The molecule has 3 aliphatic carbocycles. The molecule has 3 aliphatic rings. The largest absolute Gasteiger partial charge is 0.0622 e. The summed E-state index contributed by atoms with van der Waals surface area (Å²) in [4.78, 5) is 0. The van der Waals surface area contributed by atoms with Gasteiger partial charge in [-0.05, 0) is 42.4 Å². The number of hydrogen-bond donors (Lipinski definition) is 0. The van der Waals surface area contributed by atoms with Crippen molar-refractivity contribution >= 4 is 0 Å². The Morgan fingerprint density at radius 2 is 1.54 bits per heavy atom. The minimum atomic E-state index is 1.07. The van der Waals surface area contributed by atoms with Crippen molar-refractivity contribution in [3.05, 3.63) is 0 Å². The summed E-state index contributed by atoms with van der Waals surface area (Å²) < 4.78 is 0. The zero-order chi connectivity index (χ0) is 8.84. The average Bonchev–Trinajstić information content (AvgIpc) is 2.47. The van der Waals surface area contributed by atoms with Gasteiger partial charge in [0.2, 0.25) is 0 Å². The molecule has 0 spiro atoms. The fourth-order valence-electron chi connectivity index (χ4n) is 4.85. The molecule has 0 heteroatoms. The van der Waals surface area contributed by atoms with Gasteiger partial charge < -0.3 is 0 Å². The first-order valence-electron chi connectivity index (χ1n) is 6.36. The maximum Gasteiger partial charge on any atom is -0.0326 e. The van der Waals surface area contributed by atoms with E-state index < -0.39 is 0 Å². The molecule has 0 bridgehead atoms. The summed E-state index contributed by atoms with van der Waals surface area (Å²) in [6.07, 6.45) is 11.0. The van der Waals surface area contributed by atoms with E-state index in [1.165, 1.54) is 5.92 Å². The second-order valence-corrected chi connectivity index (χ2v) is 5.84. The van der Waals surface area contributed by atoms with Crippen LogP contribution in [-0.2, 0) is 0 Å². The first-order valence-corrected chi connectivity index (χ1v) is 6.36. The van der Waals surface area contributed by atoms with Crippen LogP contribution < -0.4 is 0 Å². The highest BCUT2D eigenvalue weighted by atomic mass is 14.5. The van der Waals surface area contributed by atoms with E-state index in [4.69, 9.17) is 0 Å². The molecular formula is C13H22. The van der Waals surface area contributed by atoms with Gasteiger partial charge in [0.05, 0.1) is 0 Å². The Kier molecular flexibility index (Phi) is 1.92. The third-order valence-electron chi connectivity index (χ3n) is 5.25. The summed E-state index contributed by atoms with van der Waals surface area (Å²) >= 11 is 0. The highest BCUT2D eigenvalue weighted by Crippen LogP contribution is 2.56. The SMILES string of the molecule is CC1CC2CCCC3CCCC1C32. The Morgan fingerprint density at radius 3 is 2.38 bits per heavy atom. The van der Waals surface area contributed by atoms with Crippen LogP contribution in [-0.4, -0.2) is 0 Å². The lowest BCUT2D eigenvalue weighted by molar-refractivity contribution is 0.0874. The van der Waals surface area contributed by atoms with Gasteiger partial charge in [-0.2, -0.15) is 0 Å². The van der Waals surface area contributed by atoms with Gasteiger partial charge in [-0.25, -0.2) is 0 Å². The summed E-state index contributed by atoms with van der Waals surface area (Å²) in [6, 6.07) is 0. The quantitative estimate of drug-likeness (QED) is 0.528. The lowest BCUT2D eigenvalue weighted by Crippen LogP contribution is -2.32. The molecule has 0 aromatic rings. The molecule has 3 fully saturated rings. The van der Waals surface area contributed by atoms with Crippen LogP contribution in [0.5, 0.6) is 0 Å². The van der Waals surface area contributed by atoms with Crippen LogP contribution in [0.2, 0.25) is 0 Å². The second kappa shape index (κ2) is 3.00. The number of rotatable bonds is 0.